The number of unbranched alkanes of at least 4 members (excludes halogenated alkanes) is 4. The van der Waals surface area contributed by atoms with Gasteiger partial charge in [0.15, 0.2) is 0 Å². The van der Waals surface area contributed by atoms with E-state index in [1.165, 1.54) is 19.3 Å². The number of rotatable bonds is 8. The van der Waals surface area contributed by atoms with Gasteiger partial charge in [0.2, 0.25) is 0 Å². The molecular weight excluding hydrogens is 263 g/mol. The molecule has 120 valence electrons. The van der Waals surface area contributed by atoms with Crippen molar-refractivity contribution in [1.29, 1.82) is 0 Å². The van der Waals surface area contributed by atoms with Gasteiger partial charge in [-0.2, -0.15) is 13.2 Å². The second-order valence-corrected chi connectivity index (χ2v) is 6.19. The first kappa shape index (κ1) is 17.8. The summed E-state index contributed by atoms with van der Waals surface area (Å²) in [6.07, 6.45) is 5.43. The second kappa shape index (κ2) is 8.91. The number of hydrogen-bond acceptors (Lipinski definition) is 1. The van der Waals surface area contributed by atoms with E-state index in [0.717, 1.165) is 38.5 Å². The van der Waals surface area contributed by atoms with Crippen molar-refractivity contribution in [3.8, 4) is 0 Å². The summed E-state index contributed by atoms with van der Waals surface area (Å²) in [5.74, 6) is -1.32. The monoisotopic (exact) mass is 293 g/mol. The summed E-state index contributed by atoms with van der Waals surface area (Å²) in [7, 11) is 1.82. The van der Waals surface area contributed by atoms with Crippen molar-refractivity contribution in [2.45, 2.75) is 83.4 Å². The van der Waals surface area contributed by atoms with Crippen molar-refractivity contribution in [3.05, 3.63) is 0 Å². The fourth-order valence-electron chi connectivity index (χ4n) is 3.59. The van der Waals surface area contributed by atoms with Crippen molar-refractivity contribution in [3.63, 3.8) is 0 Å². The van der Waals surface area contributed by atoms with Gasteiger partial charge in [-0.25, -0.2) is 0 Å². The molecule has 1 rings (SSSR count). The van der Waals surface area contributed by atoms with Crippen molar-refractivity contribution in [2.75, 3.05) is 7.05 Å². The number of hydrogen-bond donors (Lipinski definition) is 1. The highest BCUT2D eigenvalue weighted by Crippen LogP contribution is 2.43. The lowest BCUT2D eigenvalue weighted by atomic mass is 9.73. The smallest absolute Gasteiger partial charge is 0.317 e. The lowest BCUT2D eigenvalue weighted by Crippen LogP contribution is -2.44. The van der Waals surface area contributed by atoms with E-state index < -0.39 is 12.1 Å². The van der Waals surface area contributed by atoms with Gasteiger partial charge in [-0.15, -0.1) is 0 Å². The quantitative estimate of drug-likeness (QED) is 0.598. The molecule has 1 nitrogen and oxygen atoms in total. The summed E-state index contributed by atoms with van der Waals surface area (Å²) in [5, 5.41) is 3.16. The number of alkyl halides is 3. The second-order valence-electron chi connectivity index (χ2n) is 6.19. The predicted octanol–water partition coefficient (Wildman–Crippen LogP) is 5.30. The first-order valence-electron chi connectivity index (χ1n) is 8.24. The molecule has 20 heavy (non-hydrogen) atoms. The predicted molar refractivity (Wildman–Crippen MR) is 77.7 cm³/mol. The molecule has 1 saturated carbocycles. The summed E-state index contributed by atoms with van der Waals surface area (Å²) >= 11 is 0. The van der Waals surface area contributed by atoms with Crippen molar-refractivity contribution < 1.29 is 13.2 Å². The summed E-state index contributed by atoms with van der Waals surface area (Å²) in [6, 6.07) is 0.0311. The van der Waals surface area contributed by atoms with Gasteiger partial charge in [0.05, 0.1) is 5.92 Å². The zero-order chi connectivity index (χ0) is 15.0. The molecule has 0 aliphatic heterocycles. The van der Waals surface area contributed by atoms with Crippen LogP contribution in [-0.4, -0.2) is 19.3 Å². The Balaban J connectivity index is 2.48. The highest BCUT2D eigenvalue weighted by molar-refractivity contribution is 4.87. The number of nitrogens with one attached hydrogen (secondary N) is 1. The molecule has 0 aromatic rings. The van der Waals surface area contributed by atoms with Crippen LogP contribution in [0.3, 0.4) is 0 Å². The Morgan fingerprint density at radius 3 is 2.30 bits per heavy atom. The fraction of sp³-hybridized carbons (Fsp3) is 1.00. The molecule has 0 amide bonds. The molecule has 0 spiro atoms. The van der Waals surface area contributed by atoms with Gasteiger partial charge in [-0.1, -0.05) is 51.9 Å². The van der Waals surface area contributed by atoms with Crippen LogP contribution in [0.15, 0.2) is 0 Å². The summed E-state index contributed by atoms with van der Waals surface area (Å²) in [5.41, 5.74) is 0. The Morgan fingerprint density at radius 2 is 1.70 bits per heavy atom. The van der Waals surface area contributed by atoms with Crippen LogP contribution in [0.2, 0.25) is 0 Å². The van der Waals surface area contributed by atoms with Crippen molar-refractivity contribution in [2.24, 2.45) is 11.8 Å². The molecule has 0 bridgehead atoms. The van der Waals surface area contributed by atoms with E-state index in [0.29, 0.717) is 6.42 Å². The van der Waals surface area contributed by atoms with Crippen LogP contribution >= 0.6 is 0 Å². The molecule has 0 radical (unpaired) electrons. The van der Waals surface area contributed by atoms with Crippen LogP contribution in [0.5, 0.6) is 0 Å². The molecule has 1 aliphatic rings. The largest absolute Gasteiger partial charge is 0.392 e. The van der Waals surface area contributed by atoms with Gasteiger partial charge in [0, 0.05) is 6.04 Å². The zero-order valence-corrected chi connectivity index (χ0v) is 12.9. The maximum Gasteiger partial charge on any atom is 0.392 e. The molecule has 0 aromatic carbocycles. The van der Waals surface area contributed by atoms with E-state index in [1.807, 2.05) is 7.05 Å². The van der Waals surface area contributed by atoms with Crippen LogP contribution < -0.4 is 5.32 Å². The van der Waals surface area contributed by atoms with E-state index in [1.54, 1.807) is 0 Å². The molecule has 0 aromatic heterocycles. The minimum atomic E-state index is -4.03. The Labute approximate surface area is 121 Å². The minimum absolute atomic E-state index is 0.0311. The lowest BCUT2D eigenvalue weighted by molar-refractivity contribution is -0.199. The third kappa shape index (κ3) is 5.63. The van der Waals surface area contributed by atoms with Gasteiger partial charge >= 0.3 is 6.18 Å². The molecule has 0 saturated heterocycles. The standard InChI is InChI=1S/C16H30F3N/c1-3-4-5-6-7-12-15(20-2)13-10-8-9-11-14(13)16(17,18)19/h13-15,20H,3-12H2,1-2H3. The van der Waals surface area contributed by atoms with E-state index in [2.05, 4.69) is 12.2 Å². The maximum atomic E-state index is 13.1. The molecule has 1 N–H and O–H groups in total. The Hall–Kier alpha value is -0.250. The lowest BCUT2D eigenvalue weighted by Gasteiger charge is -2.38. The number of halogens is 3. The first-order valence-corrected chi connectivity index (χ1v) is 8.24. The molecule has 1 fully saturated rings. The Bertz CT molecular complexity index is 253. The van der Waals surface area contributed by atoms with E-state index in [-0.39, 0.29) is 12.0 Å². The van der Waals surface area contributed by atoms with Crippen molar-refractivity contribution >= 4 is 0 Å². The van der Waals surface area contributed by atoms with Crippen LogP contribution in [0.4, 0.5) is 13.2 Å². The molecule has 4 heteroatoms. The van der Waals surface area contributed by atoms with Crippen LogP contribution in [-0.2, 0) is 0 Å². The fourth-order valence-corrected chi connectivity index (χ4v) is 3.59. The van der Waals surface area contributed by atoms with Crippen molar-refractivity contribution in [1.82, 2.24) is 5.32 Å². The molecular formula is C16H30F3N. The zero-order valence-electron chi connectivity index (χ0n) is 12.9. The third-order valence-electron chi connectivity index (χ3n) is 4.75. The van der Waals surface area contributed by atoms with Gasteiger partial charge < -0.3 is 5.32 Å². The van der Waals surface area contributed by atoms with Crippen LogP contribution in [0, 0.1) is 11.8 Å². The van der Waals surface area contributed by atoms with Gasteiger partial charge in [0.1, 0.15) is 0 Å². The van der Waals surface area contributed by atoms with Crippen LogP contribution in [0.1, 0.15) is 71.1 Å². The first-order chi connectivity index (χ1) is 9.50. The van der Waals surface area contributed by atoms with Gasteiger partial charge in [-0.05, 0) is 32.2 Å². The Morgan fingerprint density at radius 1 is 1.05 bits per heavy atom. The minimum Gasteiger partial charge on any atom is -0.317 e. The van der Waals surface area contributed by atoms with Crippen LogP contribution in [0.25, 0.3) is 0 Å². The normalized spacial score (nSPS) is 25.6. The molecule has 3 atom stereocenters. The third-order valence-corrected chi connectivity index (χ3v) is 4.75. The summed E-state index contributed by atoms with van der Waals surface area (Å²) in [6.45, 7) is 2.17. The Kier molecular flexibility index (Phi) is 7.93. The van der Waals surface area contributed by atoms with E-state index >= 15 is 0 Å². The van der Waals surface area contributed by atoms with E-state index in [9.17, 15) is 13.2 Å². The van der Waals surface area contributed by atoms with Gasteiger partial charge in [-0.3, -0.25) is 0 Å². The average molecular weight is 293 g/mol. The summed E-state index contributed by atoms with van der Waals surface area (Å²) in [4.78, 5) is 0. The average Bonchev–Trinajstić information content (AvgIpc) is 2.42. The topological polar surface area (TPSA) is 12.0 Å². The highest BCUT2D eigenvalue weighted by Gasteiger charge is 2.47. The molecule has 1 aliphatic carbocycles. The molecule has 0 heterocycles. The van der Waals surface area contributed by atoms with E-state index in [4.69, 9.17) is 0 Å². The summed E-state index contributed by atoms with van der Waals surface area (Å²) < 4.78 is 39.4. The maximum absolute atomic E-state index is 13.1. The SMILES string of the molecule is CCCCCCCC(NC)C1CCCCC1C(F)(F)F. The highest BCUT2D eigenvalue weighted by atomic mass is 19.4. The van der Waals surface area contributed by atoms with Gasteiger partial charge in [0.25, 0.3) is 0 Å². The molecule has 3 unspecified atom stereocenters.